The van der Waals surface area contributed by atoms with Gasteiger partial charge < -0.3 is 5.32 Å². The Labute approximate surface area is 130 Å². The van der Waals surface area contributed by atoms with Crippen molar-refractivity contribution in [1.29, 1.82) is 0 Å². The summed E-state index contributed by atoms with van der Waals surface area (Å²) in [4.78, 5) is 0. The first-order valence-corrected chi connectivity index (χ1v) is 8.68. The second-order valence-corrected chi connectivity index (χ2v) is 6.02. The molecule has 1 atom stereocenters. The third kappa shape index (κ3) is 7.08. The van der Waals surface area contributed by atoms with Crippen molar-refractivity contribution in [3.8, 4) is 0 Å². The Hall–Kier alpha value is -0.890. The molecular weight excluding hydrogens is 261 g/mol. The third-order valence-corrected chi connectivity index (χ3v) is 4.15. The Balaban J connectivity index is 2.39. The molecule has 1 unspecified atom stereocenters. The Morgan fingerprint density at radius 2 is 1.67 bits per heavy atom. The Kier molecular flexibility index (Phi) is 9.32. The molecule has 0 amide bonds. The molecule has 0 aliphatic heterocycles. The van der Waals surface area contributed by atoms with Crippen LogP contribution in [0.15, 0.2) is 18.2 Å². The van der Waals surface area contributed by atoms with Crippen LogP contribution in [0.4, 0.5) is 4.39 Å². The number of rotatable bonds is 11. The van der Waals surface area contributed by atoms with Crippen molar-refractivity contribution in [2.24, 2.45) is 0 Å². The van der Waals surface area contributed by atoms with Crippen LogP contribution in [0.3, 0.4) is 0 Å². The van der Waals surface area contributed by atoms with E-state index >= 15 is 0 Å². The summed E-state index contributed by atoms with van der Waals surface area (Å²) in [5, 5.41) is 3.55. The predicted molar refractivity (Wildman–Crippen MR) is 90.2 cm³/mol. The monoisotopic (exact) mass is 293 g/mol. The SMILES string of the molecule is CCCCCCCCCC(NCC)c1ccc(F)cc1C. The van der Waals surface area contributed by atoms with Crippen LogP contribution in [-0.2, 0) is 0 Å². The Morgan fingerprint density at radius 1 is 1.00 bits per heavy atom. The van der Waals surface area contributed by atoms with E-state index in [-0.39, 0.29) is 5.82 Å². The van der Waals surface area contributed by atoms with Gasteiger partial charge in [-0.05, 0) is 43.1 Å². The minimum atomic E-state index is -0.137. The molecule has 0 aliphatic carbocycles. The largest absolute Gasteiger partial charge is 0.310 e. The van der Waals surface area contributed by atoms with Gasteiger partial charge in [0.15, 0.2) is 0 Å². The number of halogens is 1. The van der Waals surface area contributed by atoms with Crippen molar-refractivity contribution in [3.63, 3.8) is 0 Å². The molecule has 1 aromatic rings. The van der Waals surface area contributed by atoms with Gasteiger partial charge in [0.1, 0.15) is 5.82 Å². The normalized spacial score (nSPS) is 12.6. The number of hydrogen-bond donors (Lipinski definition) is 1. The third-order valence-electron chi connectivity index (χ3n) is 4.15. The van der Waals surface area contributed by atoms with Gasteiger partial charge in [0.2, 0.25) is 0 Å². The highest BCUT2D eigenvalue weighted by atomic mass is 19.1. The molecule has 0 aromatic heterocycles. The molecule has 0 radical (unpaired) electrons. The number of nitrogens with one attached hydrogen (secondary N) is 1. The Bertz CT molecular complexity index is 389. The summed E-state index contributed by atoms with van der Waals surface area (Å²) < 4.78 is 13.2. The minimum Gasteiger partial charge on any atom is -0.310 e. The van der Waals surface area contributed by atoms with Crippen LogP contribution in [0.5, 0.6) is 0 Å². The van der Waals surface area contributed by atoms with Gasteiger partial charge >= 0.3 is 0 Å². The summed E-state index contributed by atoms with van der Waals surface area (Å²) in [5.41, 5.74) is 2.31. The molecular formula is C19H32FN. The molecule has 21 heavy (non-hydrogen) atoms. The lowest BCUT2D eigenvalue weighted by Crippen LogP contribution is -2.21. The van der Waals surface area contributed by atoms with E-state index in [0.717, 1.165) is 18.5 Å². The zero-order chi connectivity index (χ0) is 15.5. The van der Waals surface area contributed by atoms with Crippen LogP contribution in [0, 0.1) is 12.7 Å². The molecule has 0 heterocycles. The highest BCUT2D eigenvalue weighted by molar-refractivity contribution is 5.29. The summed E-state index contributed by atoms with van der Waals surface area (Å²) in [6.45, 7) is 7.36. The zero-order valence-corrected chi connectivity index (χ0v) is 14.1. The van der Waals surface area contributed by atoms with Gasteiger partial charge in [-0.1, -0.05) is 64.9 Å². The first-order valence-electron chi connectivity index (χ1n) is 8.68. The number of aryl methyl sites for hydroxylation is 1. The fraction of sp³-hybridized carbons (Fsp3) is 0.684. The molecule has 0 saturated heterocycles. The molecule has 1 N–H and O–H groups in total. The van der Waals surface area contributed by atoms with E-state index < -0.39 is 0 Å². The van der Waals surface area contributed by atoms with Crippen molar-refractivity contribution in [3.05, 3.63) is 35.1 Å². The molecule has 120 valence electrons. The van der Waals surface area contributed by atoms with Gasteiger partial charge in [-0.3, -0.25) is 0 Å². The topological polar surface area (TPSA) is 12.0 Å². The number of benzene rings is 1. The molecule has 1 nitrogen and oxygen atoms in total. The molecule has 0 bridgehead atoms. The Morgan fingerprint density at radius 3 is 2.29 bits per heavy atom. The zero-order valence-electron chi connectivity index (χ0n) is 14.1. The second-order valence-electron chi connectivity index (χ2n) is 6.02. The number of hydrogen-bond acceptors (Lipinski definition) is 1. The van der Waals surface area contributed by atoms with E-state index in [1.807, 2.05) is 13.0 Å². The second kappa shape index (κ2) is 10.8. The van der Waals surface area contributed by atoms with Crippen LogP contribution in [0.1, 0.15) is 82.4 Å². The predicted octanol–water partition coefficient (Wildman–Crippen LogP) is 5.93. The first-order chi connectivity index (χ1) is 10.2. The summed E-state index contributed by atoms with van der Waals surface area (Å²) in [6, 6.07) is 5.53. The van der Waals surface area contributed by atoms with Crippen molar-refractivity contribution >= 4 is 0 Å². The van der Waals surface area contributed by atoms with E-state index in [4.69, 9.17) is 0 Å². The van der Waals surface area contributed by atoms with Crippen molar-refractivity contribution < 1.29 is 4.39 Å². The fourth-order valence-corrected chi connectivity index (χ4v) is 2.95. The van der Waals surface area contributed by atoms with E-state index in [9.17, 15) is 4.39 Å². The van der Waals surface area contributed by atoms with Crippen molar-refractivity contribution in [2.45, 2.75) is 78.2 Å². The molecule has 1 aromatic carbocycles. The van der Waals surface area contributed by atoms with Gasteiger partial charge in [-0.15, -0.1) is 0 Å². The maximum absolute atomic E-state index is 13.2. The van der Waals surface area contributed by atoms with Crippen LogP contribution in [0.25, 0.3) is 0 Å². The van der Waals surface area contributed by atoms with Gasteiger partial charge in [0.05, 0.1) is 0 Å². The van der Waals surface area contributed by atoms with Crippen LogP contribution < -0.4 is 5.32 Å². The van der Waals surface area contributed by atoms with E-state index in [0.29, 0.717) is 6.04 Å². The average molecular weight is 293 g/mol. The fourth-order valence-electron chi connectivity index (χ4n) is 2.95. The van der Waals surface area contributed by atoms with Gasteiger partial charge in [-0.2, -0.15) is 0 Å². The molecule has 0 saturated carbocycles. The summed E-state index contributed by atoms with van der Waals surface area (Å²) >= 11 is 0. The van der Waals surface area contributed by atoms with E-state index in [1.54, 1.807) is 12.1 Å². The summed E-state index contributed by atoms with van der Waals surface area (Å²) in [5.74, 6) is -0.137. The average Bonchev–Trinajstić information content (AvgIpc) is 2.45. The smallest absolute Gasteiger partial charge is 0.123 e. The standard InChI is InChI=1S/C19H32FN/c1-4-6-7-8-9-10-11-12-19(21-5-2)18-14-13-17(20)15-16(18)3/h13-15,19,21H,4-12H2,1-3H3. The maximum atomic E-state index is 13.2. The van der Waals surface area contributed by atoms with Crippen LogP contribution in [0.2, 0.25) is 0 Å². The molecule has 1 rings (SSSR count). The quantitative estimate of drug-likeness (QED) is 0.499. The summed E-state index contributed by atoms with van der Waals surface area (Å²) in [6.07, 6.45) is 10.5. The van der Waals surface area contributed by atoms with Crippen LogP contribution in [-0.4, -0.2) is 6.54 Å². The van der Waals surface area contributed by atoms with Gasteiger partial charge in [0.25, 0.3) is 0 Å². The van der Waals surface area contributed by atoms with E-state index in [1.165, 1.54) is 50.5 Å². The lowest BCUT2D eigenvalue weighted by Gasteiger charge is -2.20. The van der Waals surface area contributed by atoms with Gasteiger partial charge in [-0.25, -0.2) is 4.39 Å². The first kappa shape index (κ1) is 18.2. The van der Waals surface area contributed by atoms with Crippen LogP contribution >= 0.6 is 0 Å². The molecule has 0 aliphatic rings. The highest BCUT2D eigenvalue weighted by Gasteiger charge is 2.12. The minimum absolute atomic E-state index is 0.137. The lowest BCUT2D eigenvalue weighted by molar-refractivity contribution is 0.473. The van der Waals surface area contributed by atoms with E-state index in [2.05, 4.69) is 19.2 Å². The molecule has 2 heteroatoms. The number of unbranched alkanes of at least 4 members (excludes halogenated alkanes) is 6. The summed E-state index contributed by atoms with van der Waals surface area (Å²) in [7, 11) is 0. The van der Waals surface area contributed by atoms with Crippen molar-refractivity contribution in [1.82, 2.24) is 5.32 Å². The molecule has 0 spiro atoms. The maximum Gasteiger partial charge on any atom is 0.123 e. The van der Waals surface area contributed by atoms with Crippen molar-refractivity contribution in [2.75, 3.05) is 6.54 Å². The molecule has 0 fully saturated rings. The van der Waals surface area contributed by atoms with Gasteiger partial charge in [0, 0.05) is 6.04 Å². The lowest BCUT2D eigenvalue weighted by atomic mass is 9.96. The highest BCUT2D eigenvalue weighted by Crippen LogP contribution is 2.24.